The average Bonchev–Trinajstić information content (AvgIpc) is 2.73. The number of carbonyl (C=O) groups is 1. The maximum absolute atomic E-state index is 11.8. The van der Waals surface area contributed by atoms with Gasteiger partial charge in [-0.25, -0.2) is 0 Å². The number of halogens is 3. The first kappa shape index (κ1) is 12.6. The zero-order valence-electron chi connectivity index (χ0n) is 9.29. The van der Waals surface area contributed by atoms with E-state index in [0.717, 1.165) is 13.0 Å². The van der Waals surface area contributed by atoms with Crippen LogP contribution in [-0.4, -0.2) is 55.9 Å². The summed E-state index contributed by atoms with van der Waals surface area (Å²) in [4.78, 5) is 13.1. The molecule has 0 radical (unpaired) electrons. The van der Waals surface area contributed by atoms with Crippen molar-refractivity contribution in [2.24, 2.45) is 5.92 Å². The molecule has 0 aromatic heterocycles. The quantitative estimate of drug-likeness (QED) is 0.790. The average molecular weight is 252 g/mol. The summed E-state index contributed by atoms with van der Waals surface area (Å²) in [6.45, 7) is 0.323. The molecule has 2 rings (SSSR count). The van der Waals surface area contributed by atoms with Crippen LogP contribution in [0.4, 0.5) is 13.2 Å². The molecule has 2 aliphatic rings. The Bertz CT molecular complexity index is 284. The minimum atomic E-state index is -4.37. The van der Waals surface area contributed by atoms with Crippen molar-refractivity contribution in [1.82, 2.24) is 10.2 Å². The molecule has 2 atom stereocenters. The summed E-state index contributed by atoms with van der Waals surface area (Å²) in [6, 6.07) is 0.307. The van der Waals surface area contributed by atoms with Crippen LogP contribution in [0, 0.1) is 5.92 Å². The molecule has 0 aliphatic carbocycles. The monoisotopic (exact) mass is 252 g/mol. The second-order valence-electron chi connectivity index (χ2n) is 4.52. The van der Waals surface area contributed by atoms with Gasteiger partial charge >= 0.3 is 6.18 Å². The number of carbonyl (C=O) groups excluding carboxylic acids is 1. The van der Waals surface area contributed by atoms with Crippen LogP contribution in [0.1, 0.15) is 6.42 Å². The van der Waals surface area contributed by atoms with Crippen LogP contribution in [0.2, 0.25) is 0 Å². The van der Waals surface area contributed by atoms with Gasteiger partial charge in [0.05, 0.1) is 0 Å². The maximum atomic E-state index is 11.8. The highest BCUT2D eigenvalue weighted by Gasteiger charge is 2.38. The van der Waals surface area contributed by atoms with Gasteiger partial charge in [0.1, 0.15) is 13.2 Å². The van der Waals surface area contributed by atoms with E-state index in [9.17, 15) is 18.0 Å². The van der Waals surface area contributed by atoms with Crippen molar-refractivity contribution in [3.8, 4) is 0 Å². The van der Waals surface area contributed by atoms with Gasteiger partial charge < -0.3 is 15.0 Å². The van der Waals surface area contributed by atoms with E-state index < -0.39 is 19.4 Å². The Morgan fingerprint density at radius 1 is 1.41 bits per heavy atom. The van der Waals surface area contributed by atoms with Gasteiger partial charge in [-0.3, -0.25) is 4.79 Å². The molecule has 2 saturated heterocycles. The van der Waals surface area contributed by atoms with Crippen LogP contribution in [0.15, 0.2) is 0 Å². The van der Waals surface area contributed by atoms with Gasteiger partial charge in [-0.05, 0) is 18.9 Å². The van der Waals surface area contributed by atoms with Crippen molar-refractivity contribution in [3.05, 3.63) is 0 Å². The van der Waals surface area contributed by atoms with E-state index in [1.807, 2.05) is 0 Å². The van der Waals surface area contributed by atoms with E-state index >= 15 is 0 Å². The molecule has 2 heterocycles. The molecule has 2 fully saturated rings. The number of alkyl halides is 3. The number of amides is 1. The lowest BCUT2D eigenvalue weighted by Gasteiger charge is -2.17. The Morgan fingerprint density at radius 2 is 2.18 bits per heavy atom. The molecular weight excluding hydrogens is 237 g/mol. The van der Waals surface area contributed by atoms with Crippen molar-refractivity contribution in [2.75, 3.05) is 32.8 Å². The number of rotatable bonds is 3. The van der Waals surface area contributed by atoms with Gasteiger partial charge in [-0.15, -0.1) is 0 Å². The van der Waals surface area contributed by atoms with E-state index in [-0.39, 0.29) is 5.91 Å². The minimum absolute atomic E-state index is 0.307. The Hall–Kier alpha value is -0.820. The zero-order valence-corrected chi connectivity index (χ0v) is 9.29. The number of nitrogens with one attached hydrogen (secondary N) is 1. The molecule has 0 bridgehead atoms. The van der Waals surface area contributed by atoms with Gasteiger partial charge in [-0.1, -0.05) is 0 Å². The van der Waals surface area contributed by atoms with Gasteiger partial charge in [0.25, 0.3) is 0 Å². The first-order valence-electron chi connectivity index (χ1n) is 5.61. The van der Waals surface area contributed by atoms with E-state index in [4.69, 9.17) is 0 Å². The summed E-state index contributed by atoms with van der Waals surface area (Å²) in [5.41, 5.74) is 0. The van der Waals surface area contributed by atoms with Gasteiger partial charge in [0.15, 0.2) is 0 Å². The smallest absolute Gasteiger partial charge is 0.362 e. The molecule has 1 N–H and O–H groups in total. The summed E-state index contributed by atoms with van der Waals surface area (Å²) in [5, 5.41) is 3.27. The maximum Gasteiger partial charge on any atom is 0.411 e. The highest BCUT2D eigenvalue weighted by molar-refractivity contribution is 5.77. The predicted octanol–water partition coefficient (Wildman–Crippen LogP) is 0.386. The SMILES string of the molecule is O=C(COCC(F)(F)F)N1C[C@@H]2CCN[C@@H]2C1. The normalized spacial score (nSPS) is 28.5. The molecule has 7 heteroatoms. The van der Waals surface area contributed by atoms with Crippen LogP contribution in [-0.2, 0) is 9.53 Å². The summed E-state index contributed by atoms with van der Waals surface area (Å²) >= 11 is 0. The van der Waals surface area contributed by atoms with Crippen LogP contribution in [0.5, 0.6) is 0 Å². The lowest BCUT2D eigenvalue weighted by atomic mass is 10.1. The Morgan fingerprint density at radius 3 is 2.82 bits per heavy atom. The number of fused-ring (bicyclic) bond motifs is 1. The number of likely N-dealkylation sites (tertiary alicyclic amines) is 1. The van der Waals surface area contributed by atoms with Crippen molar-refractivity contribution in [3.63, 3.8) is 0 Å². The summed E-state index contributed by atoms with van der Waals surface area (Å²) in [6.07, 6.45) is -3.35. The molecule has 2 aliphatic heterocycles. The van der Waals surface area contributed by atoms with E-state index in [1.54, 1.807) is 4.90 Å². The fourth-order valence-electron chi connectivity index (χ4n) is 2.40. The zero-order chi connectivity index (χ0) is 12.5. The lowest BCUT2D eigenvalue weighted by molar-refractivity contribution is -0.177. The standard InChI is InChI=1S/C10H15F3N2O2/c11-10(12,13)6-17-5-9(16)15-3-7-1-2-14-8(7)4-15/h7-8,14H,1-6H2/t7-,8+/m0/s1. The van der Waals surface area contributed by atoms with Gasteiger partial charge in [0, 0.05) is 19.1 Å². The molecule has 0 unspecified atom stereocenters. The van der Waals surface area contributed by atoms with Gasteiger partial charge in [-0.2, -0.15) is 13.2 Å². The first-order valence-corrected chi connectivity index (χ1v) is 5.61. The minimum Gasteiger partial charge on any atom is -0.362 e. The van der Waals surface area contributed by atoms with Crippen molar-refractivity contribution >= 4 is 5.91 Å². The Kier molecular flexibility index (Phi) is 3.58. The first-order chi connectivity index (χ1) is 7.96. The van der Waals surface area contributed by atoms with Crippen LogP contribution in [0.3, 0.4) is 0 Å². The van der Waals surface area contributed by atoms with Crippen LogP contribution < -0.4 is 5.32 Å². The summed E-state index contributed by atoms with van der Waals surface area (Å²) in [7, 11) is 0. The molecule has 0 aromatic carbocycles. The Balaban J connectivity index is 1.71. The van der Waals surface area contributed by atoms with E-state index in [0.29, 0.717) is 25.0 Å². The third-order valence-corrected chi connectivity index (χ3v) is 3.21. The van der Waals surface area contributed by atoms with Gasteiger partial charge in [0.2, 0.25) is 5.91 Å². The largest absolute Gasteiger partial charge is 0.411 e. The summed E-state index contributed by atoms with van der Waals surface area (Å²) in [5.74, 6) is 0.0898. The van der Waals surface area contributed by atoms with E-state index in [2.05, 4.69) is 10.1 Å². The second kappa shape index (κ2) is 4.81. The third kappa shape index (κ3) is 3.32. The van der Waals surface area contributed by atoms with E-state index in [1.165, 1.54) is 0 Å². The molecule has 1 amide bonds. The van der Waals surface area contributed by atoms with Crippen molar-refractivity contribution in [1.29, 1.82) is 0 Å². The molecule has 0 saturated carbocycles. The van der Waals surface area contributed by atoms with Crippen LogP contribution >= 0.6 is 0 Å². The molecule has 17 heavy (non-hydrogen) atoms. The molecule has 4 nitrogen and oxygen atoms in total. The molecule has 98 valence electrons. The predicted molar refractivity (Wildman–Crippen MR) is 53.4 cm³/mol. The second-order valence-corrected chi connectivity index (χ2v) is 4.52. The molecular formula is C10H15F3N2O2. The Labute approximate surface area is 97.1 Å². The topological polar surface area (TPSA) is 41.6 Å². The molecule has 0 aromatic rings. The number of hydrogen-bond donors (Lipinski definition) is 1. The lowest BCUT2D eigenvalue weighted by Crippen LogP contribution is -2.36. The highest BCUT2D eigenvalue weighted by Crippen LogP contribution is 2.24. The fourth-order valence-corrected chi connectivity index (χ4v) is 2.40. The third-order valence-electron chi connectivity index (χ3n) is 3.21. The van der Waals surface area contributed by atoms with Crippen LogP contribution in [0.25, 0.3) is 0 Å². The number of hydrogen-bond acceptors (Lipinski definition) is 3. The summed E-state index contributed by atoms with van der Waals surface area (Å²) < 4.78 is 39.8. The number of ether oxygens (including phenoxy) is 1. The highest BCUT2D eigenvalue weighted by atomic mass is 19.4. The number of nitrogens with zero attached hydrogens (tertiary/aromatic N) is 1. The molecule has 0 spiro atoms. The van der Waals surface area contributed by atoms with Crippen molar-refractivity contribution < 1.29 is 22.7 Å². The fraction of sp³-hybridized carbons (Fsp3) is 0.900. The van der Waals surface area contributed by atoms with Crippen molar-refractivity contribution in [2.45, 2.75) is 18.6 Å².